The van der Waals surface area contributed by atoms with E-state index < -0.39 is 20.0 Å². The lowest BCUT2D eigenvalue weighted by atomic mass is 10.2. The van der Waals surface area contributed by atoms with E-state index in [1.807, 2.05) is 12.1 Å². The third kappa shape index (κ3) is 7.66. The minimum Gasteiger partial charge on any atom is -0.398 e. The molecule has 2 aliphatic heterocycles. The Morgan fingerprint density at radius 1 is 0.647 bits per heavy atom. The zero-order valence-corrected chi connectivity index (χ0v) is 24.7. The molecule has 0 atom stereocenters. The van der Waals surface area contributed by atoms with Gasteiger partial charge in [0.2, 0.25) is 20.0 Å². The molecule has 34 heavy (non-hydrogen) atoms. The first kappa shape index (κ1) is 27.9. The van der Waals surface area contributed by atoms with Crippen LogP contribution in [0.5, 0.6) is 0 Å². The highest BCUT2D eigenvalue weighted by Gasteiger charge is 2.26. The second kappa shape index (κ2) is 12.0. The molecule has 0 aromatic heterocycles. The number of hydrogen-bond acceptors (Lipinski definition) is 6. The molecule has 0 amide bonds. The summed E-state index contributed by atoms with van der Waals surface area (Å²) < 4.78 is 53.3. The number of halogens is 2. The fourth-order valence-corrected chi connectivity index (χ4v) is 8.21. The zero-order valence-electron chi connectivity index (χ0n) is 18.8. The summed E-state index contributed by atoms with van der Waals surface area (Å²) in [5.74, 6) is 0.145. The Labute approximate surface area is 229 Å². The van der Waals surface area contributed by atoms with Crippen LogP contribution in [0.4, 0.5) is 11.4 Å². The van der Waals surface area contributed by atoms with Gasteiger partial charge in [-0.1, -0.05) is 12.1 Å². The third-order valence-electron chi connectivity index (χ3n) is 5.74. The van der Waals surface area contributed by atoms with Crippen molar-refractivity contribution in [2.24, 2.45) is 0 Å². The van der Waals surface area contributed by atoms with Crippen molar-refractivity contribution in [1.82, 2.24) is 8.61 Å². The van der Waals surface area contributed by atoms with E-state index in [1.165, 1.54) is 0 Å². The largest absolute Gasteiger partial charge is 0.398 e. The lowest BCUT2D eigenvalue weighted by molar-refractivity contribution is 0.475. The Morgan fingerprint density at radius 2 is 0.971 bits per heavy atom. The van der Waals surface area contributed by atoms with Gasteiger partial charge in [-0.3, -0.25) is 0 Å². The Bertz CT molecular complexity index is 1120. The molecule has 4 rings (SSSR count). The number of rotatable bonds is 6. The summed E-state index contributed by atoms with van der Waals surface area (Å²) >= 11 is 4.23. The molecule has 0 spiro atoms. The number of sulfonamides is 2. The highest BCUT2D eigenvalue weighted by molar-refractivity contribution is 14.1. The fraction of sp³-hybridized carbons (Fsp3) is 0.455. The molecule has 0 aliphatic carbocycles. The van der Waals surface area contributed by atoms with E-state index in [0.29, 0.717) is 37.6 Å². The number of nitrogens with zero attached hydrogens (tertiary/aromatic N) is 2. The van der Waals surface area contributed by atoms with Gasteiger partial charge in [0.25, 0.3) is 0 Å². The van der Waals surface area contributed by atoms with Gasteiger partial charge in [-0.05, 0) is 106 Å². The minimum absolute atomic E-state index is 0.0727. The highest BCUT2D eigenvalue weighted by Crippen LogP contribution is 2.22. The molecule has 0 saturated carbocycles. The summed E-state index contributed by atoms with van der Waals surface area (Å²) in [6, 6.07) is 10.8. The minimum atomic E-state index is -3.15. The quantitative estimate of drug-likeness (QED) is 0.346. The average molecular weight is 732 g/mol. The Balaban J connectivity index is 0.000000191. The lowest BCUT2D eigenvalue weighted by Gasteiger charge is -2.15. The lowest BCUT2D eigenvalue weighted by Crippen LogP contribution is -2.29. The van der Waals surface area contributed by atoms with Gasteiger partial charge in [0.1, 0.15) is 0 Å². The first-order valence-electron chi connectivity index (χ1n) is 11.0. The summed E-state index contributed by atoms with van der Waals surface area (Å²) in [5, 5.41) is 0. The van der Waals surface area contributed by atoms with Crippen molar-refractivity contribution >= 4 is 76.6 Å². The predicted molar refractivity (Wildman–Crippen MR) is 154 cm³/mol. The van der Waals surface area contributed by atoms with Crippen LogP contribution in [0.3, 0.4) is 0 Å². The Morgan fingerprint density at radius 3 is 1.26 bits per heavy atom. The van der Waals surface area contributed by atoms with Crippen LogP contribution in [-0.2, 0) is 31.6 Å². The maximum absolute atomic E-state index is 12.1. The van der Waals surface area contributed by atoms with Gasteiger partial charge in [0, 0.05) is 44.7 Å². The molecule has 2 saturated heterocycles. The molecule has 0 radical (unpaired) electrons. The van der Waals surface area contributed by atoms with Gasteiger partial charge < -0.3 is 11.5 Å². The van der Waals surface area contributed by atoms with Crippen LogP contribution in [0, 0.1) is 7.14 Å². The van der Waals surface area contributed by atoms with Gasteiger partial charge >= 0.3 is 0 Å². The van der Waals surface area contributed by atoms with Crippen LogP contribution in [0.1, 0.15) is 36.8 Å². The van der Waals surface area contributed by atoms with E-state index in [1.54, 1.807) is 32.9 Å². The summed E-state index contributed by atoms with van der Waals surface area (Å²) in [7, 11) is -6.31. The summed E-state index contributed by atoms with van der Waals surface area (Å²) in [4.78, 5) is 0. The van der Waals surface area contributed by atoms with E-state index in [-0.39, 0.29) is 11.5 Å². The van der Waals surface area contributed by atoms with Gasteiger partial charge in [-0.2, -0.15) is 0 Å². The average Bonchev–Trinajstić information content (AvgIpc) is 3.48. The SMILES string of the molecule is Nc1ccc(CS(=O)(=O)N2CCCC2)cc1I.Nc1ccc(CS(=O)(=O)N2CCCC2)cc1I. The second-order valence-electron chi connectivity index (χ2n) is 8.44. The first-order chi connectivity index (χ1) is 16.0. The van der Waals surface area contributed by atoms with E-state index in [4.69, 9.17) is 11.5 Å². The van der Waals surface area contributed by atoms with Crippen molar-refractivity contribution in [2.75, 3.05) is 37.6 Å². The number of benzene rings is 2. The molecule has 8 nitrogen and oxygen atoms in total. The molecule has 12 heteroatoms. The van der Waals surface area contributed by atoms with E-state index >= 15 is 0 Å². The van der Waals surface area contributed by atoms with Gasteiger partial charge in [0.05, 0.1) is 11.5 Å². The third-order valence-corrected chi connectivity index (χ3v) is 11.3. The summed E-state index contributed by atoms with van der Waals surface area (Å²) in [6.45, 7) is 2.64. The van der Waals surface area contributed by atoms with Crippen LogP contribution in [-0.4, -0.2) is 51.6 Å². The molecule has 2 fully saturated rings. The van der Waals surface area contributed by atoms with E-state index in [9.17, 15) is 16.8 Å². The number of nitrogen functional groups attached to an aromatic ring is 2. The topological polar surface area (TPSA) is 127 Å². The van der Waals surface area contributed by atoms with Crippen molar-refractivity contribution in [3.05, 3.63) is 54.7 Å². The fourth-order valence-electron chi connectivity index (χ4n) is 3.86. The molecule has 2 aromatic carbocycles. The molecular formula is C22H30I2N4O4S2. The number of anilines is 2. The van der Waals surface area contributed by atoms with Crippen LogP contribution < -0.4 is 11.5 Å². The Hall–Kier alpha value is -0.680. The molecule has 4 N–H and O–H groups in total. The summed E-state index contributed by atoms with van der Waals surface area (Å²) in [5.41, 5.74) is 14.4. The maximum atomic E-state index is 12.1. The highest BCUT2D eigenvalue weighted by atomic mass is 127. The van der Waals surface area contributed by atoms with Gasteiger partial charge in [-0.15, -0.1) is 0 Å². The van der Waals surface area contributed by atoms with Gasteiger partial charge in [-0.25, -0.2) is 25.4 Å². The molecule has 0 bridgehead atoms. The van der Waals surface area contributed by atoms with Crippen LogP contribution in [0.15, 0.2) is 36.4 Å². The standard InChI is InChI=1S/2C11H15IN2O2S/c2*12-10-7-9(3-4-11(10)13)8-17(15,16)14-5-1-2-6-14/h2*3-4,7H,1-2,5-6,8,13H2. The van der Waals surface area contributed by atoms with Crippen LogP contribution in [0.25, 0.3) is 0 Å². The van der Waals surface area contributed by atoms with Crippen molar-refractivity contribution in [3.8, 4) is 0 Å². The molecule has 0 unspecified atom stereocenters. The predicted octanol–water partition coefficient (Wildman–Crippen LogP) is 3.60. The van der Waals surface area contributed by atoms with Gasteiger partial charge in [0.15, 0.2) is 0 Å². The van der Waals surface area contributed by atoms with E-state index in [0.717, 1.165) is 44.0 Å². The molecule has 2 aliphatic rings. The maximum Gasteiger partial charge on any atom is 0.218 e. The zero-order chi connectivity index (χ0) is 24.9. The smallest absolute Gasteiger partial charge is 0.218 e. The second-order valence-corrected chi connectivity index (χ2v) is 14.7. The normalized spacial score (nSPS) is 17.5. The molecule has 2 aromatic rings. The molecule has 188 valence electrons. The van der Waals surface area contributed by atoms with Crippen molar-refractivity contribution in [2.45, 2.75) is 37.2 Å². The van der Waals surface area contributed by atoms with Crippen LogP contribution >= 0.6 is 45.2 Å². The monoisotopic (exact) mass is 732 g/mol. The van der Waals surface area contributed by atoms with E-state index in [2.05, 4.69) is 45.2 Å². The van der Waals surface area contributed by atoms with Crippen LogP contribution in [0.2, 0.25) is 0 Å². The molecular weight excluding hydrogens is 702 g/mol. The molecule has 2 heterocycles. The van der Waals surface area contributed by atoms with Crippen molar-refractivity contribution in [1.29, 1.82) is 0 Å². The van der Waals surface area contributed by atoms with Crippen molar-refractivity contribution < 1.29 is 16.8 Å². The number of hydrogen-bond donors (Lipinski definition) is 2. The van der Waals surface area contributed by atoms with Crippen molar-refractivity contribution in [3.63, 3.8) is 0 Å². The Kier molecular flexibility index (Phi) is 9.88. The number of nitrogens with two attached hydrogens (primary N) is 2. The summed E-state index contributed by atoms with van der Waals surface area (Å²) in [6.07, 6.45) is 3.88. The first-order valence-corrected chi connectivity index (χ1v) is 16.4.